The molecule has 3 atom stereocenters. The van der Waals surface area contributed by atoms with Crippen LogP contribution in [0.15, 0.2) is 29.7 Å². The molecule has 1 saturated carbocycles. The molecule has 1 N–H and O–H groups in total. The zero-order chi connectivity index (χ0) is 10.8. The van der Waals surface area contributed by atoms with Gasteiger partial charge >= 0.3 is 0 Å². The second-order valence-corrected chi connectivity index (χ2v) is 4.87. The van der Waals surface area contributed by atoms with E-state index in [0.29, 0.717) is 12.0 Å². The van der Waals surface area contributed by atoms with E-state index in [-0.39, 0.29) is 0 Å². The minimum Gasteiger partial charge on any atom is -0.348 e. The van der Waals surface area contributed by atoms with Gasteiger partial charge in [0.2, 0.25) is 0 Å². The van der Waals surface area contributed by atoms with Crippen molar-refractivity contribution in [2.45, 2.75) is 31.7 Å². The summed E-state index contributed by atoms with van der Waals surface area (Å²) in [5.41, 5.74) is 1.27. The van der Waals surface area contributed by atoms with Gasteiger partial charge in [0.05, 0.1) is 12.4 Å². The second-order valence-electron chi connectivity index (χ2n) is 4.87. The van der Waals surface area contributed by atoms with Crippen LogP contribution in [0.5, 0.6) is 0 Å². The van der Waals surface area contributed by atoms with Crippen molar-refractivity contribution in [3.63, 3.8) is 0 Å². The van der Waals surface area contributed by atoms with E-state index in [1.54, 1.807) is 6.33 Å². The molecule has 0 bridgehead atoms. The third-order valence-corrected chi connectivity index (χ3v) is 3.76. The third-order valence-electron chi connectivity index (χ3n) is 3.76. The SMILES string of the molecule is C1=CC2CC(Cc3cnc[nH]3)CCC2N=C1. The highest BCUT2D eigenvalue weighted by atomic mass is 14.9. The Morgan fingerprint density at radius 2 is 2.38 bits per heavy atom. The Balaban J connectivity index is 1.63. The Hall–Kier alpha value is -1.38. The number of allylic oxidation sites excluding steroid dienone is 1. The first kappa shape index (κ1) is 9.82. The van der Waals surface area contributed by atoms with Crippen LogP contribution in [-0.4, -0.2) is 22.2 Å². The first-order valence-electron chi connectivity index (χ1n) is 6.09. The fourth-order valence-electron chi connectivity index (χ4n) is 2.92. The predicted octanol–water partition coefficient (Wildman–Crippen LogP) is 2.38. The molecule has 1 aromatic rings. The van der Waals surface area contributed by atoms with Crippen LogP contribution in [-0.2, 0) is 6.42 Å². The zero-order valence-electron chi connectivity index (χ0n) is 9.34. The first-order valence-corrected chi connectivity index (χ1v) is 6.09. The summed E-state index contributed by atoms with van der Waals surface area (Å²) in [6.07, 6.45) is 15.0. The fourth-order valence-corrected chi connectivity index (χ4v) is 2.92. The summed E-state index contributed by atoms with van der Waals surface area (Å²) in [4.78, 5) is 11.8. The smallest absolute Gasteiger partial charge is 0.0921 e. The van der Waals surface area contributed by atoms with Gasteiger partial charge in [0.25, 0.3) is 0 Å². The molecule has 0 aromatic carbocycles. The van der Waals surface area contributed by atoms with Crippen LogP contribution >= 0.6 is 0 Å². The van der Waals surface area contributed by atoms with Gasteiger partial charge in [0, 0.05) is 18.1 Å². The number of rotatable bonds is 2. The average molecular weight is 215 g/mol. The quantitative estimate of drug-likeness (QED) is 0.808. The molecule has 3 nitrogen and oxygen atoms in total. The number of aromatic nitrogens is 2. The van der Waals surface area contributed by atoms with Gasteiger partial charge in [-0.25, -0.2) is 4.98 Å². The lowest BCUT2D eigenvalue weighted by molar-refractivity contribution is 0.268. The van der Waals surface area contributed by atoms with Crippen LogP contribution in [0.4, 0.5) is 0 Å². The predicted molar refractivity (Wildman–Crippen MR) is 64.5 cm³/mol. The molecule has 2 heterocycles. The van der Waals surface area contributed by atoms with E-state index in [2.05, 4.69) is 27.1 Å². The normalized spacial score (nSPS) is 32.6. The number of dihydropyridines is 1. The van der Waals surface area contributed by atoms with Gasteiger partial charge in [-0.3, -0.25) is 4.99 Å². The van der Waals surface area contributed by atoms with E-state index in [0.717, 1.165) is 12.3 Å². The lowest BCUT2D eigenvalue weighted by atomic mass is 9.76. The maximum absolute atomic E-state index is 4.55. The van der Waals surface area contributed by atoms with Gasteiger partial charge in [-0.05, 0) is 43.6 Å². The van der Waals surface area contributed by atoms with E-state index in [4.69, 9.17) is 0 Å². The monoisotopic (exact) mass is 215 g/mol. The number of imidazole rings is 1. The summed E-state index contributed by atoms with van der Waals surface area (Å²) >= 11 is 0. The number of aliphatic imine (C=N–C) groups is 1. The summed E-state index contributed by atoms with van der Waals surface area (Å²) in [5, 5.41) is 0. The molecule has 3 unspecified atom stereocenters. The highest BCUT2D eigenvalue weighted by Crippen LogP contribution is 2.34. The number of hydrogen-bond acceptors (Lipinski definition) is 2. The molecule has 0 saturated heterocycles. The van der Waals surface area contributed by atoms with Crippen LogP contribution < -0.4 is 0 Å². The second kappa shape index (κ2) is 4.24. The number of nitrogens with one attached hydrogen (secondary N) is 1. The molecule has 0 spiro atoms. The van der Waals surface area contributed by atoms with Crippen LogP contribution in [0.2, 0.25) is 0 Å². The highest BCUT2D eigenvalue weighted by molar-refractivity contribution is 5.72. The summed E-state index contributed by atoms with van der Waals surface area (Å²) in [5.74, 6) is 1.46. The van der Waals surface area contributed by atoms with E-state index >= 15 is 0 Å². The number of fused-ring (bicyclic) bond motifs is 1. The fraction of sp³-hybridized carbons (Fsp3) is 0.538. The summed E-state index contributed by atoms with van der Waals surface area (Å²) in [6, 6.07) is 0.558. The Labute approximate surface area is 95.7 Å². The van der Waals surface area contributed by atoms with Crippen molar-refractivity contribution >= 4 is 6.21 Å². The van der Waals surface area contributed by atoms with Crippen molar-refractivity contribution < 1.29 is 0 Å². The number of hydrogen-bond donors (Lipinski definition) is 1. The van der Waals surface area contributed by atoms with E-state index in [1.165, 1.54) is 25.0 Å². The highest BCUT2D eigenvalue weighted by Gasteiger charge is 2.29. The van der Waals surface area contributed by atoms with Crippen molar-refractivity contribution in [2.75, 3.05) is 0 Å². The molecule has 3 rings (SSSR count). The lowest BCUT2D eigenvalue weighted by Gasteiger charge is -2.33. The van der Waals surface area contributed by atoms with Gasteiger partial charge < -0.3 is 4.98 Å². The molecular formula is C13H17N3. The minimum atomic E-state index is 0.558. The van der Waals surface area contributed by atoms with Crippen LogP contribution in [0, 0.1) is 11.8 Å². The number of aromatic amines is 1. The molecule has 84 valence electrons. The van der Waals surface area contributed by atoms with Gasteiger partial charge in [-0.1, -0.05) is 6.08 Å². The molecule has 0 amide bonds. The van der Waals surface area contributed by atoms with Crippen molar-refractivity contribution in [2.24, 2.45) is 16.8 Å². The molecule has 3 heteroatoms. The van der Waals surface area contributed by atoms with E-state index in [1.807, 2.05) is 12.4 Å². The third kappa shape index (κ3) is 1.94. The summed E-state index contributed by atoms with van der Waals surface area (Å²) < 4.78 is 0. The summed E-state index contributed by atoms with van der Waals surface area (Å²) in [7, 11) is 0. The Kier molecular flexibility index (Phi) is 2.60. The zero-order valence-corrected chi connectivity index (χ0v) is 9.34. The van der Waals surface area contributed by atoms with E-state index < -0.39 is 0 Å². The Bertz CT molecular complexity index is 391. The van der Waals surface area contributed by atoms with Gasteiger partial charge in [-0.15, -0.1) is 0 Å². The maximum atomic E-state index is 4.55. The minimum absolute atomic E-state index is 0.558. The van der Waals surface area contributed by atoms with Gasteiger partial charge in [0.1, 0.15) is 0 Å². The largest absolute Gasteiger partial charge is 0.348 e. The molecule has 1 fully saturated rings. The van der Waals surface area contributed by atoms with Crippen molar-refractivity contribution in [3.8, 4) is 0 Å². The van der Waals surface area contributed by atoms with Crippen molar-refractivity contribution in [1.29, 1.82) is 0 Å². The Morgan fingerprint density at radius 1 is 1.38 bits per heavy atom. The molecular weight excluding hydrogens is 198 g/mol. The van der Waals surface area contributed by atoms with Crippen molar-refractivity contribution in [3.05, 3.63) is 30.4 Å². The molecule has 16 heavy (non-hydrogen) atoms. The van der Waals surface area contributed by atoms with Crippen molar-refractivity contribution in [1.82, 2.24) is 9.97 Å². The molecule has 0 radical (unpaired) electrons. The van der Waals surface area contributed by atoms with Gasteiger partial charge in [0.15, 0.2) is 0 Å². The average Bonchev–Trinajstić information content (AvgIpc) is 2.82. The molecule has 1 aliphatic carbocycles. The molecule has 1 aliphatic heterocycles. The lowest BCUT2D eigenvalue weighted by Crippen LogP contribution is -2.29. The van der Waals surface area contributed by atoms with Crippen LogP contribution in [0.25, 0.3) is 0 Å². The van der Waals surface area contributed by atoms with E-state index in [9.17, 15) is 0 Å². The summed E-state index contributed by atoms with van der Waals surface area (Å²) in [6.45, 7) is 0. The number of H-pyrrole nitrogens is 1. The first-order chi connectivity index (χ1) is 7.92. The van der Waals surface area contributed by atoms with Gasteiger partial charge in [-0.2, -0.15) is 0 Å². The van der Waals surface area contributed by atoms with Crippen LogP contribution in [0.1, 0.15) is 25.0 Å². The number of nitrogens with zero attached hydrogens (tertiary/aromatic N) is 2. The topological polar surface area (TPSA) is 41.0 Å². The maximum Gasteiger partial charge on any atom is 0.0921 e. The standard InChI is InChI=1S/C13H17N3/c1-2-11-6-10(3-4-13(11)15-5-1)7-12-8-14-9-16-12/h1-2,5,8-11,13H,3-4,6-7H2,(H,14,16). The van der Waals surface area contributed by atoms with Crippen LogP contribution in [0.3, 0.4) is 0 Å². The Morgan fingerprint density at radius 3 is 3.25 bits per heavy atom. The molecule has 1 aromatic heterocycles. The molecule has 2 aliphatic rings.